The Morgan fingerprint density at radius 3 is 2.72 bits per heavy atom. The number of pyridine rings is 1. The van der Waals surface area contributed by atoms with Crippen LogP contribution >= 0.6 is 0 Å². The number of aliphatic hydroxyl groups excluding tert-OH is 1. The van der Waals surface area contributed by atoms with Gasteiger partial charge in [0, 0.05) is 31.0 Å². The topological polar surface area (TPSA) is 142 Å². The quantitative estimate of drug-likeness (QED) is 0.657. The number of aromatic carboxylic acids is 1. The van der Waals surface area contributed by atoms with Gasteiger partial charge >= 0.3 is 5.97 Å². The van der Waals surface area contributed by atoms with Gasteiger partial charge in [0.05, 0.1) is 23.4 Å². The lowest BCUT2D eigenvalue weighted by Gasteiger charge is -2.42. The number of likely N-dealkylation sites (tertiary alicyclic amines) is 1. The standard InChI is InChI=1S/C19H23N5O5/c25-16(19(29)4-2-5-19)17(26)23-6-1-3-14(10-23)24-11-15(21-22-24)12-7-13(18(27)28)9-20-8-12/h7-9,11,14,16,25,29H,1-6,10H2,(H,27,28). The Kier molecular flexibility index (Phi) is 5.05. The molecule has 0 radical (unpaired) electrons. The fraction of sp³-hybridized carbons (Fsp3) is 0.526. The van der Waals surface area contributed by atoms with Crippen LogP contribution in [0, 0.1) is 0 Å². The lowest BCUT2D eigenvalue weighted by Crippen LogP contribution is -2.57. The van der Waals surface area contributed by atoms with E-state index in [1.54, 1.807) is 15.8 Å². The number of carboxylic acid groups (broad SMARTS) is 1. The first-order chi connectivity index (χ1) is 13.9. The Morgan fingerprint density at radius 1 is 1.24 bits per heavy atom. The number of carbonyl (C=O) groups excluding carboxylic acids is 1. The summed E-state index contributed by atoms with van der Waals surface area (Å²) in [5, 5.41) is 38.0. The Labute approximate surface area is 166 Å². The van der Waals surface area contributed by atoms with Gasteiger partial charge in [0.15, 0.2) is 6.10 Å². The zero-order chi connectivity index (χ0) is 20.6. The number of aromatic nitrogens is 4. The van der Waals surface area contributed by atoms with Gasteiger partial charge < -0.3 is 20.2 Å². The molecule has 1 amide bonds. The van der Waals surface area contributed by atoms with Gasteiger partial charge in [0.2, 0.25) is 0 Å². The highest BCUT2D eigenvalue weighted by molar-refractivity contribution is 5.88. The van der Waals surface area contributed by atoms with Gasteiger partial charge in [-0.25, -0.2) is 9.48 Å². The third-order valence-electron chi connectivity index (χ3n) is 5.84. The molecule has 2 unspecified atom stereocenters. The average Bonchev–Trinajstić information content (AvgIpc) is 3.21. The monoisotopic (exact) mass is 401 g/mol. The predicted octanol–water partition coefficient (Wildman–Crippen LogP) is 0.478. The summed E-state index contributed by atoms with van der Waals surface area (Å²) < 4.78 is 1.66. The molecule has 2 aromatic rings. The van der Waals surface area contributed by atoms with Crippen molar-refractivity contribution >= 4 is 11.9 Å². The maximum absolute atomic E-state index is 12.6. The fourth-order valence-corrected chi connectivity index (χ4v) is 3.87. The van der Waals surface area contributed by atoms with Crippen LogP contribution in [0.3, 0.4) is 0 Å². The second-order valence-corrected chi connectivity index (χ2v) is 7.79. The van der Waals surface area contributed by atoms with Crippen molar-refractivity contribution < 1.29 is 24.9 Å². The predicted molar refractivity (Wildman–Crippen MR) is 99.9 cm³/mol. The third kappa shape index (κ3) is 3.73. The molecule has 3 N–H and O–H groups in total. The van der Waals surface area contributed by atoms with Crippen molar-refractivity contribution in [3.8, 4) is 11.3 Å². The van der Waals surface area contributed by atoms with Crippen molar-refractivity contribution in [2.75, 3.05) is 13.1 Å². The molecular weight excluding hydrogens is 378 g/mol. The Balaban J connectivity index is 1.47. The van der Waals surface area contributed by atoms with Crippen LogP contribution < -0.4 is 0 Å². The number of aliphatic hydroxyl groups is 2. The summed E-state index contributed by atoms with van der Waals surface area (Å²) in [7, 11) is 0. The molecule has 2 aromatic heterocycles. The molecule has 3 heterocycles. The zero-order valence-electron chi connectivity index (χ0n) is 15.8. The molecule has 29 heavy (non-hydrogen) atoms. The molecule has 154 valence electrons. The summed E-state index contributed by atoms with van der Waals surface area (Å²) in [5.41, 5.74) is -0.197. The van der Waals surface area contributed by atoms with Gasteiger partial charge in [-0.15, -0.1) is 5.10 Å². The van der Waals surface area contributed by atoms with Gasteiger partial charge in [-0.05, 0) is 38.2 Å². The number of nitrogens with zero attached hydrogens (tertiary/aromatic N) is 5. The van der Waals surface area contributed by atoms with Crippen molar-refractivity contribution in [2.24, 2.45) is 0 Å². The van der Waals surface area contributed by atoms with E-state index in [1.807, 2.05) is 0 Å². The van der Waals surface area contributed by atoms with Crippen LogP contribution in [0.15, 0.2) is 24.7 Å². The van der Waals surface area contributed by atoms with Crippen LogP contribution in [0.25, 0.3) is 11.3 Å². The highest BCUT2D eigenvalue weighted by Gasteiger charge is 2.47. The van der Waals surface area contributed by atoms with Crippen LogP contribution in [0.2, 0.25) is 0 Å². The summed E-state index contributed by atoms with van der Waals surface area (Å²) >= 11 is 0. The van der Waals surface area contributed by atoms with E-state index in [2.05, 4.69) is 15.3 Å². The largest absolute Gasteiger partial charge is 0.478 e. The molecule has 2 aliphatic rings. The molecule has 0 aromatic carbocycles. The smallest absolute Gasteiger partial charge is 0.337 e. The maximum atomic E-state index is 12.6. The Hall–Kier alpha value is -2.85. The normalized spacial score (nSPS) is 22.0. The molecule has 10 heteroatoms. The summed E-state index contributed by atoms with van der Waals surface area (Å²) in [6.45, 7) is 0.886. The van der Waals surface area contributed by atoms with Crippen molar-refractivity contribution in [2.45, 2.75) is 49.9 Å². The lowest BCUT2D eigenvalue weighted by atomic mass is 9.75. The van der Waals surface area contributed by atoms with Crippen LogP contribution in [-0.2, 0) is 4.79 Å². The van der Waals surface area contributed by atoms with E-state index < -0.39 is 23.6 Å². The van der Waals surface area contributed by atoms with E-state index in [0.29, 0.717) is 37.2 Å². The molecular formula is C19H23N5O5. The molecule has 1 aliphatic heterocycles. The van der Waals surface area contributed by atoms with Gasteiger partial charge in [-0.1, -0.05) is 5.21 Å². The number of hydrogen-bond acceptors (Lipinski definition) is 7. The number of carbonyl (C=O) groups is 2. The van der Waals surface area contributed by atoms with E-state index in [-0.39, 0.29) is 11.6 Å². The first-order valence-electron chi connectivity index (χ1n) is 9.67. The number of hydrogen-bond donors (Lipinski definition) is 3. The third-order valence-corrected chi connectivity index (χ3v) is 5.84. The van der Waals surface area contributed by atoms with Crippen molar-refractivity contribution in [3.05, 3.63) is 30.2 Å². The molecule has 0 bridgehead atoms. The molecule has 1 aliphatic carbocycles. The number of carboxylic acids is 1. The second-order valence-electron chi connectivity index (χ2n) is 7.79. The van der Waals surface area contributed by atoms with Gasteiger partial charge in [-0.3, -0.25) is 9.78 Å². The Morgan fingerprint density at radius 2 is 2.03 bits per heavy atom. The fourth-order valence-electron chi connectivity index (χ4n) is 3.87. The molecule has 1 saturated carbocycles. The van der Waals surface area contributed by atoms with E-state index in [9.17, 15) is 19.8 Å². The maximum Gasteiger partial charge on any atom is 0.337 e. The molecule has 0 spiro atoms. The number of rotatable bonds is 5. The van der Waals surface area contributed by atoms with Gasteiger partial charge in [0.1, 0.15) is 5.69 Å². The first-order valence-corrected chi connectivity index (χ1v) is 9.67. The van der Waals surface area contributed by atoms with Crippen LogP contribution in [-0.4, -0.2) is 76.9 Å². The van der Waals surface area contributed by atoms with Crippen LogP contribution in [0.5, 0.6) is 0 Å². The summed E-state index contributed by atoms with van der Waals surface area (Å²) in [5.74, 6) is -1.52. The molecule has 2 atom stereocenters. The van der Waals surface area contributed by atoms with Crippen LogP contribution in [0.1, 0.15) is 48.5 Å². The van der Waals surface area contributed by atoms with Crippen molar-refractivity contribution in [3.63, 3.8) is 0 Å². The highest BCUT2D eigenvalue weighted by atomic mass is 16.4. The minimum Gasteiger partial charge on any atom is -0.478 e. The van der Waals surface area contributed by atoms with E-state index >= 15 is 0 Å². The minimum absolute atomic E-state index is 0.0643. The molecule has 2 fully saturated rings. The Bertz CT molecular complexity index is 925. The van der Waals surface area contributed by atoms with E-state index in [4.69, 9.17) is 5.11 Å². The summed E-state index contributed by atoms with van der Waals surface area (Å²) in [4.78, 5) is 29.3. The van der Waals surface area contributed by atoms with Gasteiger partial charge in [0.25, 0.3) is 5.91 Å². The average molecular weight is 401 g/mol. The molecule has 10 nitrogen and oxygen atoms in total. The van der Waals surface area contributed by atoms with Crippen molar-refractivity contribution in [1.82, 2.24) is 24.9 Å². The summed E-state index contributed by atoms with van der Waals surface area (Å²) in [6.07, 6.45) is 6.31. The first kappa shape index (κ1) is 19.5. The SMILES string of the molecule is O=C(O)c1cncc(-c2cn(C3CCCN(C(=O)C(O)C4(O)CCC4)C3)nn2)c1. The second kappa shape index (κ2) is 7.53. The molecule has 1 saturated heterocycles. The van der Waals surface area contributed by atoms with E-state index in [1.165, 1.54) is 18.5 Å². The number of piperidine rings is 1. The van der Waals surface area contributed by atoms with Gasteiger partial charge in [-0.2, -0.15) is 0 Å². The number of amides is 1. The highest BCUT2D eigenvalue weighted by Crippen LogP contribution is 2.36. The minimum atomic E-state index is -1.40. The van der Waals surface area contributed by atoms with E-state index in [0.717, 1.165) is 19.3 Å². The summed E-state index contributed by atoms with van der Waals surface area (Å²) in [6, 6.07) is 1.36. The van der Waals surface area contributed by atoms with Crippen LogP contribution in [0.4, 0.5) is 0 Å². The lowest BCUT2D eigenvalue weighted by molar-refractivity contribution is -0.170. The zero-order valence-corrected chi connectivity index (χ0v) is 15.8. The molecule has 4 rings (SSSR count). The van der Waals surface area contributed by atoms with Crippen molar-refractivity contribution in [1.29, 1.82) is 0 Å².